The Kier molecular flexibility index (Phi) is 3.62. The lowest BCUT2D eigenvalue weighted by Gasteiger charge is -2.12. The average molecular weight is 307 g/mol. The molecule has 0 unspecified atom stereocenters. The number of para-hydroxylation sites is 1. The lowest BCUT2D eigenvalue weighted by Crippen LogP contribution is -2.34. The Morgan fingerprint density at radius 3 is 3.05 bits per heavy atom. The Hall–Kier alpha value is -1.60. The molecule has 2 aromatic rings. The van der Waals surface area contributed by atoms with Crippen LogP contribution in [0.5, 0.6) is 0 Å². The van der Waals surface area contributed by atoms with Gasteiger partial charge in [0, 0.05) is 0 Å². The Balaban J connectivity index is 1.71. The van der Waals surface area contributed by atoms with E-state index in [9.17, 15) is 9.59 Å². The van der Waals surface area contributed by atoms with Crippen molar-refractivity contribution < 1.29 is 9.59 Å². The molecule has 1 aliphatic rings. The van der Waals surface area contributed by atoms with Crippen LogP contribution in [0.25, 0.3) is 10.2 Å². The number of anilines is 1. The van der Waals surface area contributed by atoms with Gasteiger partial charge in [-0.15, -0.1) is 11.8 Å². The van der Waals surface area contributed by atoms with E-state index in [4.69, 9.17) is 0 Å². The third kappa shape index (κ3) is 2.64. The zero-order valence-electron chi connectivity index (χ0n) is 10.9. The first-order valence-electron chi connectivity index (χ1n) is 6.15. The van der Waals surface area contributed by atoms with Gasteiger partial charge in [0.05, 0.1) is 21.8 Å². The molecule has 7 heteroatoms. The van der Waals surface area contributed by atoms with Gasteiger partial charge in [-0.25, -0.2) is 4.98 Å². The van der Waals surface area contributed by atoms with Crippen LogP contribution in [0.4, 0.5) is 5.13 Å². The Labute approximate surface area is 124 Å². The molecule has 0 bridgehead atoms. The third-order valence-corrected chi connectivity index (χ3v) is 4.91. The predicted octanol–water partition coefficient (Wildman–Crippen LogP) is 2.08. The minimum absolute atomic E-state index is 0.0188. The highest BCUT2D eigenvalue weighted by Gasteiger charge is 2.23. The summed E-state index contributed by atoms with van der Waals surface area (Å²) in [5.41, 5.74) is 2.01. The van der Waals surface area contributed by atoms with Crippen LogP contribution in [0.3, 0.4) is 0 Å². The fraction of sp³-hybridized carbons (Fsp3) is 0.308. The molecule has 104 valence electrons. The van der Waals surface area contributed by atoms with E-state index in [1.54, 1.807) is 4.90 Å². The second-order valence-corrected chi connectivity index (χ2v) is 6.54. The van der Waals surface area contributed by atoms with Crippen molar-refractivity contribution >= 4 is 50.3 Å². The summed E-state index contributed by atoms with van der Waals surface area (Å²) in [5.74, 6) is 0.876. The van der Waals surface area contributed by atoms with Crippen LogP contribution in [0.1, 0.15) is 5.56 Å². The normalized spacial score (nSPS) is 15.1. The number of aromatic nitrogens is 1. The summed E-state index contributed by atoms with van der Waals surface area (Å²) in [6, 6.07) is 5.95. The molecule has 0 atom stereocenters. The first-order valence-corrected chi connectivity index (χ1v) is 8.12. The highest BCUT2D eigenvalue weighted by atomic mass is 32.2. The second-order valence-electron chi connectivity index (χ2n) is 4.56. The maximum absolute atomic E-state index is 11.9. The number of amides is 2. The smallest absolute Gasteiger partial charge is 0.245 e. The molecule has 2 amide bonds. The van der Waals surface area contributed by atoms with E-state index in [0.29, 0.717) is 16.8 Å². The molecule has 0 aliphatic carbocycles. The summed E-state index contributed by atoms with van der Waals surface area (Å²) in [7, 11) is 0. The van der Waals surface area contributed by atoms with E-state index in [2.05, 4.69) is 10.3 Å². The summed E-state index contributed by atoms with van der Waals surface area (Å²) < 4.78 is 1.05. The number of carbonyl (C=O) groups excluding carboxylic acids is 2. The number of hydrogen-bond acceptors (Lipinski definition) is 5. The van der Waals surface area contributed by atoms with E-state index in [1.807, 2.05) is 25.1 Å². The molecular formula is C13H13N3O2S2. The van der Waals surface area contributed by atoms with Gasteiger partial charge in [-0.3, -0.25) is 9.59 Å². The summed E-state index contributed by atoms with van der Waals surface area (Å²) in [4.78, 5) is 29.4. The van der Waals surface area contributed by atoms with E-state index in [0.717, 1.165) is 15.8 Å². The van der Waals surface area contributed by atoms with Crippen molar-refractivity contribution in [2.75, 3.05) is 23.5 Å². The molecule has 0 radical (unpaired) electrons. The van der Waals surface area contributed by atoms with Crippen molar-refractivity contribution in [2.45, 2.75) is 6.92 Å². The first kappa shape index (κ1) is 13.4. The fourth-order valence-electron chi connectivity index (χ4n) is 2.01. The van der Waals surface area contributed by atoms with Crippen LogP contribution in [-0.2, 0) is 9.59 Å². The number of nitrogens with one attached hydrogen (secondary N) is 1. The fourth-order valence-corrected chi connectivity index (χ4v) is 3.88. The zero-order valence-corrected chi connectivity index (χ0v) is 12.5. The molecule has 1 saturated heterocycles. The first-order chi connectivity index (χ1) is 9.63. The predicted molar refractivity (Wildman–Crippen MR) is 82.0 cm³/mol. The summed E-state index contributed by atoms with van der Waals surface area (Å²) in [6.45, 7) is 2.09. The minimum atomic E-state index is -0.197. The van der Waals surface area contributed by atoms with Crippen molar-refractivity contribution in [1.29, 1.82) is 0 Å². The Bertz CT molecular complexity index is 683. The van der Waals surface area contributed by atoms with Crippen LogP contribution >= 0.6 is 23.1 Å². The number of rotatable bonds is 3. The van der Waals surface area contributed by atoms with Crippen LogP contribution in [0, 0.1) is 6.92 Å². The third-order valence-electron chi connectivity index (χ3n) is 3.03. The van der Waals surface area contributed by atoms with Gasteiger partial charge >= 0.3 is 0 Å². The van der Waals surface area contributed by atoms with E-state index < -0.39 is 0 Å². The zero-order chi connectivity index (χ0) is 14.1. The summed E-state index contributed by atoms with van der Waals surface area (Å²) in [5, 5.41) is 3.35. The topological polar surface area (TPSA) is 62.3 Å². The van der Waals surface area contributed by atoms with Crippen molar-refractivity contribution in [2.24, 2.45) is 0 Å². The number of benzene rings is 1. The quantitative estimate of drug-likeness (QED) is 0.943. The van der Waals surface area contributed by atoms with Gasteiger partial charge in [-0.2, -0.15) is 0 Å². The molecule has 0 spiro atoms. The number of hydrogen-bond donors (Lipinski definition) is 1. The highest BCUT2D eigenvalue weighted by molar-refractivity contribution is 8.00. The van der Waals surface area contributed by atoms with Crippen LogP contribution in [0.2, 0.25) is 0 Å². The van der Waals surface area contributed by atoms with Crippen molar-refractivity contribution in [3.05, 3.63) is 23.8 Å². The van der Waals surface area contributed by atoms with Gasteiger partial charge in [0.15, 0.2) is 5.13 Å². The molecule has 1 aromatic heterocycles. The molecule has 1 aliphatic heterocycles. The molecule has 1 fully saturated rings. The highest BCUT2D eigenvalue weighted by Crippen LogP contribution is 2.27. The van der Waals surface area contributed by atoms with Crippen LogP contribution < -0.4 is 5.32 Å². The summed E-state index contributed by atoms with van der Waals surface area (Å²) >= 11 is 2.97. The maximum atomic E-state index is 11.9. The lowest BCUT2D eigenvalue weighted by atomic mass is 10.2. The standard InChI is InChI=1S/C13H13N3O2S2/c1-8-3-2-4-9-12(8)15-13(20-9)14-10(17)5-16-7-19-6-11(16)18/h2-4H,5-7H2,1H3,(H,14,15,17). The molecule has 0 saturated carbocycles. The van der Waals surface area contributed by atoms with Crippen molar-refractivity contribution in [1.82, 2.24) is 9.88 Å². The second kappa shape index (κ2) is 5.41. The molecular weight excluding hydrogens is 294 g/mol. The SMILES string of the molecule is Cc1cccc2sc(NC(=O)CN3CSCC3=O)nc12. The number of carbonyl (C=O) groups is 2. The minimum Gasteiger partial charge on any atom is -0.323 e. The van der Waals surface area contributed by atoms with Crippen molar-refractivity contribution in [3.8, 4) is 0 Å². The number of thioether (sulfide) groups is 1. The van der Waals surface area contributed by atoms with Gasteiger partial charge in [0.25, 0.3) is 0 Å². The van der Waals surface area contributed by atoms with Crippen molar-refractivity contribution in [3.63, 3.8) is 0 Å². The van der Waals surface area contributed by atoms with Crippen LogP contribution in [0.15, 0.2) is 18.2 Å². The van der Waals surface area contributed by atoms with Gasteiger partial charge in [-0.1, -0.05) is 23.5 Å². The molecule has 20 heavy (non-hydrogen) atoms. The molecule has 5 nitrogen and oxygen atoms in total. The lowest BCUT2D eigenvalue weighted by molar-refractivity contribution is -0.130. The number of fused-ring (bicyclic) bond motifs is 1. The maximum Gasteiger partial charge on any atom is 0.245 e. The van der Waals surface area contributed by atoms with Crippen LogP contribution in [-0.4, -0.2) is 39.9 Å². The molecule has 2 heterocycles. The molecule has 1 aromatic carbocycles. The van der Waals surface area contributed by atoms with E-state index in [-0.39, 0.29) is 18.4 Å². The monoisotopic (exact) mass is 307 g/mol. The largest absolute Gasteiger partial charge is 0.323 e. The Morgan fingerprint density at radius 1 is 1.50 bits per heavy atom. The molecule has 3 rings (SSSR count). The molecule has 1 N–H and O–H groups in total. The number of nitrogens with zero attached hydrogens (tertiary/aromatic N) is 2. The van der Waals surface area contributed by atoms with Gasteiger partial charge in [0.1, 0.15) is 6.54 Å². The average Bonchev–Trinajstić information content (AvgIpc) is 2.97. The van der Waals surface area contributed by atoms with Gasteiger partial charge in [0.2, 0.25) is 11.8 Å². The summed E-state index contributed by atoms with van der Waals surface area (Å²) in [6.07, 6.45) is 0. The van der Waals surface area contributed by atoms with Gasteiger partial charge in [-0.05, 0) is 18.6 Å². The number of aryl methyl sites for hydroxylation is 1. The number of thiazole rings is 1. The van der Waals surface area contributed by atoms with E-state index >= 15 is 0 Å². The Morgan fingerprint density at radius 2 is 2.35 bits per heavy atom. The van der Waals surface area contributed by atoms with E-state index in [1.165, 1.54) is 23.1 Å². The van der Waals surface area contributed by atoms with Gasteiger partial charge < -0.3 is 10.2 Å².